The van der Waals surface area contributed by atoms with Crippen molar-refractivity contribution in [2.75, 3.05) is 6.54 Å². The summed E-state index contributed by atoms with van der Waals surface area (Å²) < 4.78 is 26.1. The maximum atomic E-state index is 13.2. The minimum absolute atomic E-state index is 0.166. The van der Waals surface area contributed by atoms with E-state index in [0.717, 1.165) is 25.0 Å². The van der Waals surface area contributed by atoms with Crippen molar-refractivity contribution < 1.29 is 13.6 Å². The molecule has 106 valence electrons. The molecule has 0 heterocycles. The Kier molecular flexibility index (Phi) is 4.46. The van der Waals surface area contributed by atoms with Crippen LogP contribution in [-0.2, 0) is 0 Å². The Bertz CT molecular complexity index is 549. The third kappa shape index (κ3) is 3.20. The van der Waals surface area contributed by atoms with Crippen molar-refractivity contribution in [2.45, 2.75) is 38.3 Å². The zero-order valence-corrected chi connectivity index (χ0v) is 11.3. The van der Waals surface area contributed by atoms with Gasteiger partial charge in [0.05, 0.1) is 12.1 Å². The standard InChI is InChI=1S/C15H16F2N2O/c1-10(19(8-2-7-18)12-4-5-12)15(20)11-3-6-13(16)14(17)9-11/h3,6,9-10,12H,2,4-5,8H2,1H3. The van der Waals surface area contributed by atoms with Crippen LogP contribution in [0.3, 0.4) is 0 Å². The number of carbonyl (C=O) groups excluding carboxylic acids is 1. The van der Waals surface area contributed by atoms with Gasteiger partial charge in [-0.05, 0) is 38.0 Å². The van der Waals surface area contributed by atoms with Gasteiger partial charge in [0.25, 0.3) is 0 Å². The Morgan fingerprint density at radius 1 is 1.45 bits per heavy atom. The van der Waals surface area contributed by atoms with Crippen LogP contribution in [0.2, 0.25) is 0 Å². The molecule has 0 saturated heterocycles. The molecule has 1 aromatic rings. The number of rotatable bonds is 6. The smallest absolute Gasteiger partial charge is 0.179 e. The first-order valence-electron chi connectivity index (χ1n) is 6.66. The van der Waals surface area contributed by atoms with Crippen LogP contribution >= 0.6 is 0 Å². The zero-order chi connectivity index (χ0) is 14.7. The lowest BCUT2D eigenvalue weighted by Crippen LogP contribution is -2.41. The van der Waals surface area contributed by atoms with Gasteiger partial charge >= 0.3 is 0 Å². The van der Waals surface area contributed by atoms with Crippen molar-refractivity contribution in [3.8, 4) is 6.07 Å². The second kappa shape index (κ2) is 6.10. The molecule has 0 bridgehead atoms. The zero-order valence-electron chi connectivity index (χ0n) is 11.3. The van der Waals surface area contributed by atoms with Crippen molar-refractivity contribution >= 4 is 5.78 Å². The first kappa shape index (κ1) is 14.6. The molecule has 1 aliphatic rings. The number of ketones is 1. The Balaban J connectivity index is 2.13. The van der Waals surface area contributed by atoms with E-state index in [-0.39, 0.29) is 11.3 Å². The van der Waals surface area contributed by atoms with Crippen LogP contribution < -0.4 is 0 Å². The van der Waals surface area contributed by atoms with Crippen LogP contribution in [0.1, 0.15) is 36.5 Å². The number of Topliss-reactive ketones (excluding diaryl/α,β-unsaturated/α-hetero) is 1. The van der Waals surface area contributed by atoms with E-state index in [0.29, 0.717) is 19.0 Å². The predicted molar refractivity (Wildman–Crippen MR) is 70.1 cm³/mol. The minimum Gasteiger partial charge on any atom is -0.292 e. The van der Waals surface area contributed by atoms with Gasteiger partial charge in [-0.3, -0.25) is 9.69 Å². The molecule has 1 saturated carbocycles. The van der Waals surface area contributed by atoms with Crippen LogP contribution in [0.25, 0.3) is 0 Å². The van der Waals surface area contributed by atoms with Gasteiger partial charge in [-0.2, -0.15) is 5.26 Å². The molecular formula is C15H16F2N2O. The fourth-order valence-electron chi connectivity index (χ4n) is 2.32. The van der Waals surface area contributed by atoms with Crippen LogP contribution in [0.4, 0.5) is 8.78 Å². The molecule has 0 N–H and O–H groups in total. The largest absolute Gasteiger partial charge is 0.292 e. The molecule has 0 spiro atoms. The lowest BCUT2D eigenvalue weighted by Gasteiger charge is -2.27. The molecule has 2 rings (SSSR count). The van der Waals surface area contributed by atoms with E-state index in [1.165, 1.54) is 6.07 Å². The molecule has 1 atom stereocenters. The maximum Gasteiger partial charge on any atom is 0.179 e. The lowest BCUT2D eigenvalue weighted by molar-refractivity contribution is 0.0829. The monoisotopic (exact) mass is 278 g/mol. The third-order valence-electron chi connectivity index (χ3n) is 3.58. The Labute approximate surface area is 116 Å². The Morgan fingerprint density at radius 3 is 2.70 bits per heavy atom. The molecule has 1 fully saturated rings. The molecule has 3 nitrogen and oxygen atoms in total. The average molecular weight is 278 g/mol. The molecule has 0 radical (unpaired) electrons. The third-order valence-corrected chi connectivity index (χ3v) is 3.58. The van der Waals surface area contributed by atoms with Gasteiger partial charge in [0.2, 0.25) is 0 Å². The van der Waals surface area contributed by atoms with E-state index in [1.807, 2.05) is 4.90 Å². The fraction of sp³-hybridized carbons (Fsp3) is 0.467. The number of nitrogens with zero attached hydrogens (tertiary/aromatic N) is 2. The van der Waals surface area contributed by atoms with Crippen LogP contribution in [0, 0.1) is 23.0 Å². The summed E-state index contributed by atoms with van der Waals surface area (Å²) in [6.07, 6.45) is 2.38. The lowest BCUT2D eigenvalue weighted by atomic mass is 10.0. The molecule has 0 aromatic heterocycles. The molecule has 0 aliphatic heterocycles. The summed E-state index contributed by atoms with van der Waals surface area (Å²) in [4.78, 5) is 14.3. The Morgan fingerprint density at radius 2 is 2.15 bits per heavy atom. The minimum atomic E-state index is -1.02. The predicted octanol–water partition coefficient (Wildman–Crippen LogP) is 2.91. The second-order valence-electron chi connectivity index (χ2n) is 5.05. The number of hydrogen-bond donors (Lipinski definition) is 0. The summed E-state index contributed by atoms with van der Waals surface area (Å²) in [6.45, 7) is 2.27. The molecule has 1 aromatic carbocycles. The highest BCUT2D eigenvalue weighted by Gasteiger charge is 2.34. The normalized spacial score (nSPS) is 15.9. The van der Waals surface area contributed by atoms with Gasteiger partial charge in [-0.1, -0.05) is 0 Å². The molecule has 1 unspecified atom stereocenters. The number of nitriles is 1. The molecular weight excluding hydrogens is 262 g/mol. The summed E-state index contributed by atoms with van der Waals surface area (Å²) in [7, 11) is 0. The Hall–Kier alpha value is -1.80. The van der Waals surface area contributed by atoms with E-state index >= 15 is 0 Å². The van der Waals surface area contributed by atoms with E-state index in [1.54, 1.807) is 6.92 Å². The quantitative estimate of drug-likeness (QED) is 0.751. The first-order valence-corrected chi connectivity index (χ1v) is 6.66. The molecule has 0 amide bonds. The number of halogens is 2. The van der Waals surface area contributed by atoms with Crippen molar-refractivity contribution in [1.29, 1.82) is 5.26 Å². The molecule has 5 heteroatoms. The highest BCUT2D eigenvalue weighted by molar-refractivity contribution is 5.99. The first-order chi connectivity index (χ1) is 9.54. The van der Waals surface area contributed by atoms with Gasteiger partial charge in [-0.25, -0.2) is 8.78 Å². The number of benzene rings is 1. The van der Waals surface area contributed by atoms with E-state index < -0.39 is 17.7 Å². The highest BCUT2D eigenvalue weighted by Crippen LogP contribution is 2.29. The van der Waals surface area contributed by atoms with Gasteiger partial charge in [0.15, 0.2) is 17.4 Å². The van der Waals surface area contributed by atoms with Gasteiger partial charge in [0.1, 0.15) is 0 Å². The van der Waals surface area contributed by atoms with Crippen molar-refractivity contribution in [3.05, 3.63) is 35.4 Å². The van der Waals surface area contributed by atoms with E-state index in [4.69, 9.17) is 5.26 Å². The SMILES string of the molecule is CC(C(=O)c1ccc(F)c(F)c1)N(CCC#N)C1CC1. The van der Waals surface area contributed by atoms with Gasteiger partial charge in [-0.15, -0.1) is 0 Å². The van der Waals surface area contributed by atoms with Crippen molar-refractivity contribution in [2.24, 2.45) is 0 Å². The van der Waals surface area contributed by atoms with E-state index in [2.05, 4.69) is 6.07 Å². The van der Waals surface area contributed by atoms with Gasteiger partial charge < -0.3 is 0 Å². The summed E-state index contributed by atoms with van der Waals surface area (Å²) in [5, 5.41) is 8.67. The van der Waals surface area contributed by atoms with Crippen molar-refractivity contribution in [1.82, 2.24) is 4.90 Å². The summed E-state index contributed by atoms with van der Waals surface area (Å²) in [5.41, 5.74) is 0.166. The topological polar surface area (TPSA) is 44.1 Å². The summed E-state index contributed by atoms with van der Waals surface area (Å²) >= 11 is 0. The van der Waals surface area contributed by atoms with Crippen molar-refractivity contribution in [3.63, 3.8) is 0 Å². The summed E-state index contributed by atoms with van der Waals surface area (Å²) in [6, 6.07) is 5.16. The molecule has 20 heavy (non-hydrogen) atoms. The highest BCUT2D eigenvalue weighted by atomic mass is 19.2. The summed E-state index contributed by atoms with van der Waals surface area (Å²) in [5.74, 6) is -2.22. The maximum absolute atomic E-state index is 13.2. The fourth-order valence-corrected chi connectivity index (χ4v) is 2.32. The van der Waals surface area contributed by atoms with Crippen LogP contribution in [0.5, 0.6) is 0 Å². The number of hydrogen-bond acceptors (Lipinski definition) is 3. The van der Waals surface area contributed by atoms with E-state index in [9.17, 15) is 13.6 Å². The molecule has 1 aliphatic carbocycles. The second-order valence-corrected chi connectivity index (χ2v) is 5.05. The number of carbonyl (C=O) groups is 1. The average Bonchev–Trinajstić information content (AvgIpc) is 3.26. The van der Waals surface area contributed by atoms with Crippen LogP contribution in [0.15, 0.2) is 18.2 Å². The van der Waals surface area contributed by atoms with Crippen LogP contribution in [-0.4, -0.2) is 29.3 Å². The van der Waals surface area contributed by atoms with Gasteiger partial charge in [0, 0.05) is 24.6 Å².